The van der Waals surface area contributed by atoms with Gasteiger partial charge in [0.15, 0.2) is 6.29 Å². The summed E-state index contributed by atoms with van der Waals surface area (Å²) < 4.78 is 7.46. The van der Waals surface area contributed by atoms with Gasteiger partial charge in [0, 0.05) is 0 Å². The Morgan fingerprint density at radius 1 is 1.57 bits per heavy atom. The van der Waals surface area contributed by atoms with Crippen molar-refractivity contribution in [2.75, 3.05) is 7.11 Å². The number of imidazole rings is 1. The Hall–Kier alpha value is -1.36. The van der Waals surface area contributed by atoms with Crippen LogP contribution < -0.4 is 4.74 Å². The molecule has 2 aromatic rings. The first-order chi connectivity index (χ1) is 6.76. The molecule has 0 atom stereocenters. The number of ether oxygens (including phenoxy) is 1. The second kappa shape index (κ2) is 3.42. The SMILES string of the molecule is COc1ccc2nc(C=O)c(Br)n2c1. The number of hydrogen-bond acceptors (Lipinski definition) is 3. The lowest BCUT2D eigenvalue weighted by molar-refractivity contribution is 0.111. The maximum absolute atomic E-state index is 10.6. The van der Waals surface area contributed by atoms with Crippen molar-refractivity contribution in [2.45, 2.75) is 0 Å². The first-order valence-electron chi connectivity index (χ1n) is 3.93. The maximum Gasteiger partial charge on any atom is 0.171 e. The molecule has 2 aromatic heterocycles. The number of carbonyl (C=O) groups excluding carboxylic acids is 1. The summed E-state index contributed by atoms with van der Waals surface area (Å²) in [5, 5.41) is 0. The molecule has 2 rings (SSSR count). The quantitative estimate of drug-likeness (QED) is 0.770. The Bertz CT molecular complexity index is 493. The van der Waals surface area contributed by atoms with Gasteiger partial charge in [0.05, 0.1) is 13.3 Å². The summed E-state index contributed by atoms with van der Waals surface area (Å²) in [5.74, 6) is 0.716. The standard InChI is InChI=1S/C9H7BrN2O2/c1-14-6-2-3-8-11-7(5-13)9(10)12(8)4-6/h2-5H,1H3. The van der Waals surface area contributed by atoms with Gasteiger partial charge < -0.3 is 4.74 Å². The van der Waals surface area contributed by atoms with E-state index in [-0.39, 0.29) is 0 Å². The predicted octanol–water partition coefficient (Wildman–Crippen LogP) is 1.92. The molecule has 0 radical (unpaired) electrons. The smallest absolute Gasteiger partial charge is 0.171 e. The van der Waals surface area contributed by atoms with Gasteiger partial charge in [-0.15, -0.1) is 0 Å². The van der Waals surface area contributed by atoms with Gasteiger partial charge in [0.2, 0.25) is 0 Å². The van der Waals surface area contributed by atoms with E-state index in [1.807, 2.05) is 0 Å². The van der Waals surface area contributed by atoms with Gasteiger partial charge in [-0.2, -0.15) is 0 Å². The third-order valence-electron chi connectivity index (χ3n) is 1.91. The lowest BCUT2D eigenvalue weighted by Gasteiger charge is -2.00. The number of rotatable bonds is 2. The van der Waals surface area contributed by atoms with Crippen LogP contribution in [0.25, 0.3) is 5.65 Å². The van der Waals surface area contributed by atoms with Gasteiger partial charge in [0.1, 0.15) is 21.7 Å². The molecule has 0 bridgehead atoms. The number of nitrogens with zero attached hydrogens (tertiary/aromatic N) is 2. The molecule has 0 unspecified atom stereocenters. The molecular weight excluding hydrogens is 248 g/mol. The Labute approximate surface area is 88.6 Å². The Morgan fingerprint density at radius 2 is 2.36 bits per heavy atom. The monoisotopic (exact) mass is 254 g/mol. The van der Waals surface area contributed by atoms with E-state index in [1.165, 1.54) is 0 Å². The van der Waals surface area contributed by atoms with Crippen LogP contribution in [-0.4, -0.2) is 22.8 Å². The highest BCUT2D eigenvalue weighted by atomic mass is 79.9. The number of fused-ring (bicyclic) bond motifs is 1. The molecular formula is C9H7BrN2O2. The highest BCUT2D eigenvalue weighted by molar-refractivity contribution is 9.10. The molecule has 4 nitrogen and oxygen atoms in total. The van der Waals surface area contributed by atoms with Crippen LogP contribution in [0.15, 0.2) is 22.9 Å². The van der Waals surface area contributed by atoms with Gasteiger partial charge in [-0.3, -0.25) is 9.20 Å². The van der Waals surface area contributed by atoms with Crippen LogP contribution >= 0.6 is 15.9 Å². The Balaban J connectivity index is 2.74. The molecule has 0 aliphatic rings. The summed E-state index contributed by atoms with van der Waals surface area (Å²) in [6.45, 7) is 0. The second-order valence-electron chi connectivity index (χ2n) is 2.70. The number of aldehydes is 1. The fourth-order valence-electron chi connectivity index (χ4n) is 1.21. The van der Waals surface area contributed by atoms with E-state index in [1.54, 1.807) is 29.8 Å². The van der Waals surface area contributed by atoms with Crippen LogP contribution in [0.1, 0.15) is 10.5 Å². The van der Waals surface area contributed by atoms with Crippen LogP contribution in [0.3, 0.4) is 0 Å². The van der Waals surface area contributed by atoms with Gasteiger partial charge in [-0.05, 0) is 28.1 Å². The normalized spacial score (nSPS) is 10.4. The number of pyridine rings is 1. The van der Waals surface area contributed by atoms with Crippen molar-refractivity contribution in [3.05, 3.63) is 28.6 Å². The fourth-order valence-corrected chi connectivity index (χ4v) is 1.68. The van der Waals surface area contributed by atoms with Crippen molar-refractivity contribution in [1.29, 1.82) is 0 Å². The average molecular weight is 255 g/mol. The summed E-state index contributed by atoms with van der Waals surface area (Å²) in [6.07, 6.45) is 2.48. The molecule has 14 heavy (non-hydrogen) atoms. The number of halogens is 1. The van der Waals surface area contributed by atoms with E-state index in [0.717, 1.165) is 0 Å². The third kappa shape index (κ3) is 1.29. The number of aromatic nitrogens is 2. The first-order valence-corrected chi connectivity index (χ1v) is 4.72. The molecule has 5 heteroatoms. The minimum Gasteiger partial charge on any atom is -0.495 e. The van der Waals surface area contributed by atoms with Crippen molar-refractivity contribution in [1.82, 2.24) is 9.38 Å². The Kier molecular flexibility index (Phi) is 2.25. The number of hydrogen-bond donors (Lipinski definition) is 0. The topological polar surface area (TPSA) is 43.6 Å². The predicted molar refractivity (Wildman–Crippen MR) is 54.8 cm³/mol. The number of carbonyl (C=O) groups is 1. The molecule has 0 N–H and O–H groups in total. The third-order valence-corrected chi connectivity index (χ3v) is 2.69. The van der Waals surface area contributed by atoms with Crippen LogP contribution in [0.5, 0.6) is 5.75 Å². The van der Waals surface area contributed by atoms with Crippen molar-refractivity contribution < 1.29 is 9.53 Å². The van der Waals surface area contributed by atoms with Gasteiger partial charge in [-0.25, -0.2) is 4.98 Å². The molecule has 0 aliphatic heterocycles. The highest BCUT2D eigenvalue weighted by Gasteiger charge is 2.08. The van der Waals surface area contributed by atoms with Crippen LogP contribution in [-0.2, 0) is 0 Å². The van der Waals surface area contributed by atoms with E-state index in [4.69, 9.17) is 4.74 Å². The van der Waals surface area contributed by atoms with Crippen molar-refractivity contribution in [2.24, 2.45) is 0 Å². The van der Waals surface area contributed by atoms with E-state index < -0.39 is 0 Å². The summed E-state index contributed by atoms with van der Waals surface area (Å²) in [4.78, 5) is 14.7. The zero-order valence-electron chi connectivity index (χ0n) is 7.40. The molecule has 0 saturated heterocycles. The zero-order chi connectivity index (χ0) is 10.1. The summed E-state index contributed by atoms with van der Waals surface area (Å²) in [6, 6.07) is 3.58. The summed E-state index contributed by atoms with van der Waals surface area (Å²) in [7, 11) is 1.59. The summed E-state index contributed by atoms with van der Waals surface area (Å²) >= 11 is 3.29. The van der Waals surface area contributed by atoms with Gasteiger partial charge in [0.25, 0.3) is 0 Å². The minimum atomic E-state index is 0.387. The van der Waals surface area contributed by atoms with E-state index in [2.05, 4.69) is 20.9 Å². The molecule has 0 spiro atoms. The lowest BCUT2D eigenvalue weighted by atomic mass is 10.4. The van der Waals surface area contributed by atoms with Gasteiger partial charge >= 0.3 is 0 Å². The largest absolute Gasteiger partial charge is 0.495 e. The van der Waals surface area contributed by atoms with Crippen LogP contribution in [0.2, 0.25) is 0 Å². The molecule has 72 valence electrons. The van der Waals surface area contributed by atoms with Gasteiger partial charge in [-0.1, -0.05) is 0 Å². The molecule has 2 heterocycles. The van der Waals surface area contributed by atoms with Crippen molar-refractivity contribution in [3.8, 4) is 5.75 Å². The number of methoxy groups -OCH3 is 1. The maximum atomic E-state index is 10.6. The molecule has 0 aromatic carbocycles. The summed E-state index contributed by atoms with van der Waals surface area (Å²) in [5.41, 5.74) is 1.10. The first kappa shape index (κ1) is 9.21. The molecule has 0 fully saturated rings. The Morgan fingerprint density at radius 3 is 3.00 bits per heavy atom. The molecule has 0 saturated carbocycles. The highest BCUT2D eigenvalue weighted by Crippen LogP contribution is 2.20. The molecule has 0 amide bonds. The van der Waals surface area contributed by atoms with E-state index in [9.17, 15) is 4.79 Å². The zero-order valence-corrected chi connectivity index (χ0v) is 8.98. The lowest BCUT2D eigenvalue weighted by Crippen LogP contribution is -1.88. The second-order valence-corrected chi connectivity index (χ2v) is 3.45. The molecule has 0 aliphatic carbocycles. The minimum absolute atomic E-state index is 0.387. The fraction of sp³-hybridized carbons (Fsp3) is 0.111. The average Bonchev–Trinajstić information content (AvgIpc) is 2.55. The van der Waals surface area contributed by atoms with Crippen molar-refractivity contribution in [3.63, 3.8) is 0 Å². The van der Waals surface area contributed by atoms with E-state index in [0.29, 0.717) is 28.0 Å². The van der Waals surface area contributed by atoms with Crippen molar-refractivity contribution >= 4 is 27.9 Å². The van der Waals surface area contributed by atoms with Crippen LogP contribution in [0.4, 0.5) is 0 Å². The van der Waals surface area contributed by atoms with Crippen LogP contribution in [0, 0.1) is 0 Å². The van der Waals surface area contributed by atoms with E-state index >= 15 is 0 Å².